The standard InChI is InChI=1S/C22H22N6O3S2/c1-14-12-16(3)25-21(19(14)13-23)32-11-9-20(29)27-17-4-6-18(7-5-17)33(30,31)28-22-24-10-8-15(2)26-22/h4-8,10,12H,9,11H2,1-3H3,(H,27,29)(H,24,26,28). The lowest BCUT2D eigenvalue weighted by Crippen LogP contribution is -2.16. The predicted molar refractivity (Wildman–Crippen MR) is 126 cm³/mol. The molecule has 0 spiro atoms. The number of rotatable bonds is 8. The first-order valence-electron chi connectivity index (χ1n) is 9.91. The van der Waals surface area contributed by atoms with Gasteiger partial charge >= 0.3 is 0 Å². The SMILES string of the molecule is Cc1ccnc(NS(=O)(=O)c2ccc(NC(=O)CCSc3nc(C)cc(C)c3C#N)cc2)n1. The van der Waals surface area contributed by atoms with Crippen LogP contribution in [-0.4, -0.2) is 35.0 Å². The van der Waals surface area contributed by atoms with E-state index in [1.54, 1.807) is 13.0 Å². The highest BCUT2D eigenvalue weighted by Gasteiger charge is 2.16. The van der Waals surface area contributed by atoms with Crippen molar-refractivity contribution in [2.24, 2.45) is 0 Å². The number of hydrogen-bond acceptors (Lipinski definition) is 8. The van der Waals surface area contributed by atoms with E-state index in [1.165, 1.54) is 42.2 Å². The number of nitrogens with one attached hydrogen (secondary N) is 2. The number of pyridine rings is 1. The second-order valence-electron chi connectivity index (χ2n) is 7.17. The summed E-state index contributed by atoms with van der Waals surface area (Å²) in [6.45, 7) is 5.45. The van der Waals surface area contributed by atoms with Gasteiger partial charge in [-0.05, 0) is 62.7 Å². The highest BCUT2D eigenvalue weighted by Crippen LogP contribution is 2.24. The van der Waals surface area contributed by atoms with Gasteiger partial charge in [-0.1, -0.05) is 0 Å². The Labute approximate surface area is 196 Å². The van der Waals surface area contributed by atoms with Crippen molar-refractivity contribution in [3.05, 3.63) is 65.1 Å². The molecular weight excluding hydrogens is 460 g/mol. The number of carbonyl (C=O) groups is 1. The Kier molecular flexibility index (Phi) is 7.63. The van der Waals surface area contributed by atoms with E-state index in [1.807, 2.05) is 19.9 Å². The fraction of sp³-hybridized carbons (Fsp3) is 0.227. The van der Waals surface area contributed by atoms with Crippen molar-refractivity contribution >= 4 is 39.3 Å². The number of sulfonamides is 1. The van der Waals surface area contributed by atoms with Gasteiger partial charge in [0.15, 0.2) is 0 Å². The second kappa shape index (κ2) is 10.4. The summed E-state index contributed by atoms with van der Waals surface area (Å²) in [5, 5.41) is 12.7. The Bertz CT molecular complexity index is 1320. The van der Waals surface area contributed by atoms with Crippen LogP contribution in [0.5, 0.6) is 0 Å². The van der Waals surface area contributed by atoms with Crippen molar-refractivity contribution in [3.8, 4) is 6.07 Å². The van der Waals surface area contributed by atoms with Gasteiger partial charge in [0, 0.05) is 35.4 Å². The minimum absolute atomic E-state index is 0.0114. The number of hydrogen-bond donors (Lipinski definition) is 2. The molecular formula is C22H22N6O3S2. The molecule has 0 aliphatic carbocycles. The quantitative estimate of drug-likeness (QED) is 0.465. The van der Waals surface area contributed by atoms with Crippen molar-refractivity contribution in [2.75, 3.05) is 15.8 Å². The van der Waals surface area contributed by atoms with Crippen LogP contribution in [0, 0.1) is 32.1 Å². The molecule has 0 saturated heterocycles. The molecule has 3 aromatic rings. The van der Waals surface area contributed by atoms with Crippen molar-refractivity contribution in [2.45, 2.75) is 37.1 Å². The van der Waals surface area contributed by atoms with Crippen LogP contribution in [0.25, 0.3) is 0 Å². The molecule has 2 aromatic heterocycles. The number of nitrogens with zero attached hydrogens (tertiary/aromatic N) is 4. The Morgan fingerprint density at radius 1 is 1.09 bits per heavy atom. The van der Waals surface area contributed by atoms with Crippen LogP contribution in [0.15, 0.2) is 52.5 Å². The number of aromatic nitrogens is 3. The van der Waals surface area contributed by atoms with Gasteiger partial charge in [0.2, 0.25) is 11.9 Å². The van der Waals surface area contributed by atoms with E-state index in [4.69, 9.17) is 0 Å². The van der Waals surface area contributed by atoms with E-state index in [9.17, 15) is 18.5 Å². The van der Waals surface area contributed by atoms with Crippen molar-refractivity contribution in [1.82, 2.24) is 15.0 Å². The lowest BCUT2D eigenvalue weighted by atomic mass is 10.1. The summed E-state index contributed by atoms with van der Waals surface area (Å²) in [5.41, 5.74) is 3.30. The van der Waals surface area contributed by atoms with E-state index in [2.05, 4.69) is 31.1 Å². The molecule has 11 heteroatoms. The summed E-state index contributed by atoms with van der Waals surface area (Å²) < 4.78 is 27.4. The van der Waals surface area contributed by atoms with Gasteiger partial charge in [-0.2, -0.15) is 5.26 Å². The molecule has 9 nitrogen and oxygen atoms in total. The molecule has 0 aliphatic rings. The number of benzene rings is 1. The maximum absolute atomic E-state index is 12.5. The number of amides is 1. The summed E-state index contributed by atoms with van der Waals surface area (Å²) >= 11 is 1.35. The summed E-state index contributed by atoms with van der Waals surface area (Å²) in [6, 6.07) is 11.5. The molecule has 2 heterocycles. The molecule has 0 radical (unpaired) electrons. The van der Waals surface area contributed by atoms with Crippen LogP contribution < -0.4 is 10.0 Å². The first-order valence-corrected chi connectivity index (χ1v) is 12.4. The van der Waals surface area contributed by atoms with E-state index < -0.39 is 10.0 Å². The Morgan fingerprint density at radius 3 is 2.48 bits per heavy atom. The van der Waals surface area contributed by atoms with Crippen LogP contribution >= 0.6 is 11.8 Å². The molecule has 2 N–H and O–H groups in total. The van der Waals surface area contributed by atoms with E-state index in [0.717, 1.165) is 11.3 Å². The lowest BCUT2D eigenvalue weighted by molar-refractivity contribution is -0.115. The molecule has 0 bridgehead atoms. The molecule has 0 aliphatic heterocycles. The van der Waals surface area contributed by atoms with E-state index in [-0.39, 0.29) is 23.2 Å². The van der Waals surface area contributed by atoms with Gasteiger partial charge in [-0.25, -0.2) is 28.1 Å². The topological polar surface area (TPSA) is 138 Å². The fourth-order valence-electron chi connectivity index (χ4n) is 2.90. The van der Waals surface area contributed by atoms with Crippen LogP contribution in [0.1, 0.15) is 28.9 Å². The molecule has 3 rings (SSSR count). The normalized spacial score (nSPS) is 11.0. The van der Waals surface area contributed by atoms with Gasteiger partial charge in [0.25, 0.3) is 10.0 Å². The molecule has 0 saturated carbocycles. The van der Waals surface area contributed by atoms with Crippen molar-refractivity contribution in [1.29, 1.82) is 5.26 Å². The zero-order valence-corrected chi connectivity index (χ0v) is 19.9. The molecule has 1 aromatic carbocycles. The molecule has 0 fully saturated rings. The summed E-state index contributed by atoms with van der Waals surface area (Å²) in [7, 11) is -3.86. The van der Waals surface area contributed by atoms with Gasteiger partial charge in [0.1, 0.15) is 11.1 Å². The Morgan fingerprint density at radius 2 is 1.82 bits per heavy atom. The Balaban J connectivity index is 1.57. The van der Waals surface area contributed by atoms with Crippen LogP contribution in [0.4, 0.5) is 11.6 Å². The third-order valence-electron chi connectivity index (χ3n) is 4.46. The van der Waals surface area contributed by atoms with E-state index >= 15 is 0 Å². The minimum atomic E-state index is -3.86. The predicted octanol–water partition coefficient (Wildman–Crippen LogP) is 3.59. The van der Waals surface area contributed by atoms with Gasteiger partial charge in [-0.15, -0.1) is 11.8 Å². The Hall–Kier alpha value is -3.49. The van der Waals surface area contributed by atoms with Crippen LogP contribution in [-0.2, 0) is 14.8 Å². The smallest absolute Gasteiger partial charge is 0.264 e. The first-order chi connectivity index (χ1) is 15.7. The second-order valence-corrected chi connectivity index (χ2v) is 9.94. The third kappa shape index (κ3) is 6.50. The number of carbonyl (C=O) groups excluding carboxylic acids is 1. The molecule has 0 atom stereocenters. The fourth-order valence-corrected chi connectivity index (χ4v) is 4.89. The molecule has 170 valence electrons. The van der Waals surface area contributed by atoms with Gasteiger partial charge in [0.05, 0.1) is 10.5 Å². The third-order valence-corrected chi connectivity index (χ3v) is 6.78. The van der Waals surface area contributed by atoms with Crippen molar-refractivity contribution < 1.29 is 13.2 Å². The maximum atomic E-state index is 12.5. The molecule has 0 unspecified atom stereocenters. The van der Waals surface area contributed by atoms with Gasteiger partial charge in [-0.3, -0.25) is 4.79 Å². The number of aryl methyl sites for hydroxylation is 3. The minimum Gasteiger partial charge on any atom is -0.326 e. The van der Waals surface area contributed by atoms with Crippen LogP contribution in [0.2, 0.25) is 0 Å². The number of nitriles is 1. The number of thioether (sulfide) groups is 1. The molecule has 33 heavy (non-hydrogen) atoms. The van der Waals surface area contributed by atoms with Gasteiger partial charge < -0.3 is 5.32 Å². The summed E-state index contributed by atoms with van der Waals surface area (Å²) in [6.07, 6.45) is 1.67. The van der Waals surface area contributed by atoms with Crippen LogP contribution in [0.3, 0.4) is 0 Å². The first kappa shape index (κ1) is 24.2. The average molecular weight is 483 g/mol. The summed E-state index contributed by atoms with van der Waals surface area (Å²) in [4.78, 5) is 24.6. The zero-order valence-electron chi connectivity index (χ0n) is 18.3. The molecule has 1 amide bonds. The highest BCUT2D eigenvalue weighted by atomic mass is 32.2. The summed E-state index contributed by atoms with van der Waals surface area (Å²) in [5.74, 6) is 0.207. The van der Waals surface area contributed by atoms with Crippen molar-refractivity contribution in [3.63, 3.8) is 0 Å². The zero-order chi connectivity index (χ0) is 24.0. The largest absolute Gasteiger partial charge is 0.326 e. The average Bonchev–Trinajstić information content (AvgIpc) is 2.73. The number of anilines is 2. The maximum Gasteiger partial charge on any atom is 0.264 e. The van der Waals surface area contributed by atoms with E-state index in [0.29, 0.717) is 27.7 Å². The monoisotopic (exact) mass is 482 g/mol. The lowest BCUT2D eigenvalue weighted by Gasteiger charge is -2.09. The highest BCUT2D eigenvalue weighted by molar-refractivity contribution is 7.99.